The molecule has 1 unspecified atom stereocenters. The smallest absolute Gasteiger partial charge is 0.237 e. The third-order valence-electron chi connectivity index (χ3n) is 3.90. The number of phenolic OH excluding ortho intramolecular Hbond substituents is 1. The highest BCUT2D eigenvalue weighted by atomic mass is 16.3. The number of nitrogens with one attached hydrogen (secondary N) is 1. The van der Waals surface area contributed by atoms with E-state index in [4.69, 9.17) is 5.73 Å². The number of benzene rings is 1. The summed E-state index contributed by atoms with van der Waals surface area (Å²) in [6.45, 7) is 4.71. The summed E-state index contributed by atoms with van der Waals surface area (Å²) in [5.41, 5.74) is 6.87. The maximum atomic E-state index is 12.0. The average molecular weight is 291 g/mol. The third-order valence-corrected chi connectivity index (χ3v) is 3.90. The lowest BCUT2D eigenvalue weighted by molar-refractivity contribution is -0.122. The molecular weight excluding hydrogens is 266 g/mol. The van der Waals surface area contributed by atoms with Crippen LogP contribution in [0.15, 0.2) is 24.3 Å². The van der Waals surface area contributed by atoms with Gasteiger partial charge in [-0.05, 0) is 43.5 Å². The van der Waals surface area contributed by atoms with E-state index in [1.165, 1.54) is 12.8 Å². The number of amides is 1. The summed E-state index contributed by atoms with van der Waals surface area (Å²) in [6, 6.07) is 6.95. The van der Waals surface area contributed by atoms with Gasteiger partial charge in [0.15, 0.2) is 0 Å². The Bertz CT molecular complexity index is 457. The van der Waals surface area contributed by atoms with Crippen molar-refractivity contribution in [1.29, 1.82) is 0 Å². The minimum Gasteiger partial charge on any atom is -0.508 e. The van der Waals surface area contributed by atoms with Gasteiger partial charge in [-0.1, -0.05) is 19.1 Å². The first-order chi connectivity index (χ1) is 10.1. The van der Waals surface area contributed by atoms with Crippen molar-refractivity contribution in [3.05, 3.63) is 29.8 Å². The van der Waals surface area contributed by atoms with Crippen LogP contribution in [0.3, 0.4) is 0 Å². The molecular formula is C16H25N3O2. The Hall–Kier alpha value is -1.59. The first kappa shape index (κ1) is 15.8. The monoisotopic (exact) mass is 291 g/mol. The van der Waals surface area contributed by atoms with Gasteiger partial charge in [0, 0.05) is 19.1 Å². The molecule has 1 amide bonds. The number of rotatable bonds is 8. The Morgan fingerprint density at radius 1 is 1.43 bits per heavy atom. The Kier molecular flexibility index (Phi) is 5.59. The summed E-state index contributed by atoms with van der Waals surface area (Å²) < 4.78 is 0. The first-order valence-electron chi connectivity index (χ1n) is 7.65. The Morgan fingerprint density at radius 3 is 2.67 bits per heavy atom. The van der Waals surface area contributed by atoms with E-state index < -0.39 is 6.04 Å². The summed E-state index contributed by atoms with van der Waals surface area (Å²) in [7, 11) is 0. The van der Waals surface area contributed by atoms with Crippen molar-refractivity contribution >= 4 is 5.91 Å². The molecule has 0 radical (unpaired) electrons. The summed E-state index contributed by atoms with van der Waals surface area (Å²) in [5, 5.41) is 12.1. The molecule has 21 heavy (non-hydrogen) atoms. The predicted octanol–water partition coefficient (Wildman–Crippen LogP) is 0.863. The van der Waals surface area contributed by atoms with Crippen LogP contribution in [0.1, 0.15) is 25.3 Å². The largest absolute Gasteiger partial charge is 0.508 e. The Balaban J connectivity index is 1.70. The molecule has 5 heteroatoms. The SMILES string of the molecule is CCN(CCNC(=O)C(N)Cc1ccc(O)cc1)C1CC1. The van der Waals surface area contributed by atoms with Crippen LogP contribution in [0.2, 0.25) is 0 Å². The number of nitrogens with two attached hydrogens (primary N) is 1. The molecule has 1 fully saturated rings. The van der Waals surface area contributed by atoms with E-state index in [0.717, 1.165) is 24.7 Å². The lowest BCUT2D eigenvalue weighted by Gasteiger charge is -2.20. The van der Waals surface area contributed by atoms with Crippen molar-refractivity contribution < 1.29 is 9.90 Å². The quantitative estimate of drug-likeness (QED) is 0.664. The molecule has 0 aromatic heterocycles. The van der Waals surface area contributed by atoms with Crippen LogP contribution in [0.4, 0.5) is 0 Å². The summed E-state index contributed by atoms with van der Waals surface area (Å²) in [4.78, 5) is 14.4. The zero-order chi connectivity index (χ0) is 15.2. The molecule has 2 rings (SSSR count). The minimum atomic E-state index is -0.550. The van der Waals surface area contributed by atoms with Crippen molar-refractivity contribution in [3.63, 3.8) is 0 Å². The maximum Gasteiger partial charge on any atom is 0.237 e. The van der Waals surface area contributed by atoms with Gasteiger partial charge in [-0.15, -0.1) is 0 Å². The van der Waals surface area contributed by atoms with Crippen molar-refractivity contribution in [2.75, 3.05) is 19.6 Å². The van der Waals surface area contributed by atoms with Crippen LogP contribution in [0.25, 0.3) is 0 Å². The van der Waals surface area contributed by atoms with Crippen LogP contribution in [0.5, 0.6) is 5.75 Å². The highest BCUT2D eigenvalue weighted by Crippen LogP contribution is 2.25. The summed E-state index contributed by atoms with van der Waals surface area (Å²) in [6.07, 6.45) is 3.04. The molecule has 0 saturated heterocycles. The molecule has 0 heterocycles. The standard InChI is InChI=1S/C16H25N3O2/c1-2-19(13-5-6-13)10-9-18-16(21)15(17)11-12-3-7-14(20)8-4-12/h3-4,7-8,13,15,20H,2,5-6,9-11,17H2,1H3,(H,18,21). The predicted molar refractivity (Wildman–Crippen MR) is 83.1 cm³/mol. The molecule has 5 nitrogen and oxygen atoms in total. The Morgan fingerprint density at radius 2 is 2.10 bits per heavy atom. The van der Waals surface area contributed by atoms with Crippen LogP contribution in [-0.2, 0) is 11.2 Å². The molecule has 1 atom stereocenters. The maximum absolute atomic E-state index is 12.0. The summed E-state index contributed by atoms with van der Waals surface area (Å²) in [5.74, 6) is 0.103. The van der Waals surface area contributed by atoms with Gasteiger partial charge in [0.2, 0.25) is 5.91 Å². The topological polar surface area (TPSA) is 78.6 Å². The minimum absolute atomic E-state index is 0.116. The highest BCUT2D eigenvalue weighted by Gasteiger charge is 2.27. The van der Waals surface area contributed by atoms with E-state index in [9.17, 15) is 9.90 Å². The molecule has 1 aliphatic carbocycles. The van der Waals surface area contributed by atoms with Gasteiger partial charge in [-0.25, -0.2) is 0 Å². The fraction of sp³-hybridized carbons (Fsp3) is 0.562. The molecule has 1 saturated carbocycles. The van der Waals surface area contributed by atoms with E-state index in [1.54, 1.807) is 24.3 Å². The zero-order valence-electron chi connectivity index (χ0n) is 12.6. The van der Waals surface area contributed by atoms with Crippen molar-refractivity contribution in [2.24, 2.45) is 5.73 Å². The van der Waals surface area contributed by atoms with E-state index >= 15 is 0 Å². The molecule has 0 bridgehead atoms. The second-order valence-electron chi connectivity index (χ2n) is 5.63. The molecule has 1 aliphatic rings. The normalized spacial score (nSPS) is 16.0. The van der Waals surface area contributed by atoms with E-state index in [0.29, 0.717) is 13.0 Å². The van der Waals surface area contributed by atoms with Gasteiger partial charge in [-0.3, -0.25) is 9.69 Å². The third kappa shape index (κ3) is 5.02. The number of likely N-dealkylation sites (N-methyl/N-ethyl adjacent to an activating group) is 1. The van der Waals surface area contributed by atoms with Gasteiger partial charge in [-0.2, -0.15) is 0 Å². The zero-order valence-corrected chi connectivity index (χ0v) is 12.6. The number of hydrogen-bond donors (Lipinski definition) is 3. The second-order valence-corrected chi connectivity index (χ2v) is 5.63. The van der Waals surface area contributed by atoms with Gasteiger partial charge in [0.05, 0.1) is 6.04 Å². The average Bonchev–Trinajstić information content (AvgIpc) is 3.30. The number of nitrogens with zero attached hydrogens (tertiary/aromatic N) is 1. The first-order valence-corrected chi connectivity index (χ1v) is 7.65. The van der Waals surface area contributed by atoms with Crippen molar-refractivity contribution in [2.45, 2.75) is 38.3 Å². The van der Waals surface area contributed by atoms with Crippen molar-refractivity contribution in [1.82, 2.24) is 10.2 Å². The second kappa shape index (κ2) is 7.43. The lowest BCUT2D eigenvalue weighted by Crippen LogP contribution is -2.45. The van der Waals surface area contributed by atoms with Gasteiger partial charge < -0.3 is 16.2 Å². The number of carbonyl (C=O) groups excluding carboxylic acids is 1. The van der Waals surface area contributed by atoms with Gasteiger partial charge >= 0.3 is 0 Å². The number of phenols is 1. The molecule has 0 spiro atoms. The number of carbonyl (C=O) groups is 1. The van der Waals surface area contributed by atoms with E-state index in [2.05, 4.69) is 17.1 Å². The van der Waals surface area contributed by atoms with Crippen LogP contribution in [0, 0.1) is 0 Å². The summed E-state index contributed by atoms with van der Waals surface area (Å²) >= 11 is 0. The van der Waals surface area contributed by atoms with Crippen LogP contribution in [-0.4, -0.2) is 47.6 Å². The molecule has 1 aromatic carbocycles. The highest BCUT2D eigenvalue weighted by molar-refractivity contribution is 5.81. The number of aromatic hydroxyl groups is 1. The number of hydrogen-bond acceptors (Lipinski definition) is 4. The lowest BCUT2D eigenvalue weighted by atomic mass is 10.1. The van der Waals surface area contributed by atoms with E-state index in [-0.39, 0.29) is 11.7 Å². The van der Waals surface area contributed by atoms with Crippen molar-refractivity contribution in [3.8, 4) is 5.75 Å². The molecule has 4 N–H and O–H groups in total. The molecule has 0 aliphatic heterocycles. The molecule has 1 aromatic rings. The van der Waals surface area contributed by atoms with Gasteiger partial charge in [0.25, 0.3) is 0 Å². The van der Waals surface area contributed by atoms with Gasteiger partial charge in [0.1, 0.15) is 5.75 Å². The Labute approximate surface area is 126 Å². The van der Waals surface area contributed by atoms with Crippen LogP contribution < -0.4 is 11.1 Å². The van der Waals surface area contributed by atoms with E-state index in [1.807, 2.05) is 0 Å². The fourth-order valence-electron chi connectivity index (χ4n) is 2.47. The van der Waals surface area contributed by atoms with Crippen LogP contribution >= 0.6 is 0 Å². The molecule has 116 valence electrons. The fourth-order valence-corrected chi connectivity index (χ4v) is 2.47.